The maximum absolute atomic E-state index is 4.10. The van der Waals surface area contributed by atoms with E-state index in [1.807, 2.05) is 0 Å². The van der Waals surface area contributed by atoms with Crippen LogP contribution >= 0.6 is 12.6 Å². The first-order valence-electron chi connectivity index (χ1n) is 5.47. The molecule has 0 amide bonds. The number of rotatable bonds is 8. The van der Waals surface area contributed by atoms with E-state index in [9.17, 15) is 0 Å². The highest BCUT2D eigenvalue weighted by Crippen LogP contribution is 1.98. The molecule has 78 valence electrons. The molecule has 0 nitrogen and oxygen atoms in total. The number of unbranched alkanes of at least 4 members (excludes halogenated alkanes) is 2. The van der Waals surface area contributed by atoms with Gasteiger partial charge in [0.15, 0.2) is 0 Å². The minimum absolute atomic E-state index is 0.853. The molecule has 0 rings (SSSR count). The molecule has 0 spiro atoms. The Balaban J connectivity index is 3.19. The maximum Gasteiger partial charge on any atom is 0.106 e. The first kappa shape index (κ1) is 13.6. The van der Waals surface area contributed by atoms with E-state index in [0.29, 0.717) is 0 Å². The molecular weight excluding hydrogens is 187 g/mol. The topological polar surface area (TPSA) is 0 Å². The standard InChI is InChI=1S/C12H21BS/c13-11-9-7-5-3-1-2-4-6-8-10-12-14/h1-2,7-10,14H,3-6,11-13H2/b2-1-,9-7-,10-8-. The number of allylic oxidation sites excluding steroid dienone is 5. The Kier molecular flexibility index (Phi) is 12.3. The lowest BCUT2D eigenvalue weighted by atomic mass is 10.0. The van der Waals surface area contributed by atoms with Crippen molar-refractivity contribution >= 4 is 20.5 Å². The van der Waals surface area contributed by atoms with E-state index in [2.05, 4.69) is 56.9 Å². The van der Waals surface area contributed by atoms with Gasteiger partial charge in [-0.05, 0) is 25.7 Å². The quantitative estimate of drug-likeness (QED) is 0.269. The van der Waals surface area contributed by atoms with Gasteiger partial charge < -0.3 is 0 Å². The monoisotopic (exact) mass is 208 g/mol. The highest BCUT2D eigenvalue weighted by Gasteiger charge is 1.78. The lowest BCUT2D eigenvalue weighted by Crippen LogP contribution is -1.68. The fourth-order valence-electron chi connectivity index (χ4n) is 1.10. The van der Waals surface area contributed by atoms with Crippen LogP contribution in [-0.2, 0) is 0 Å². The largest absolute Gasteiger partial charge is 0.175 e. The molecule has 0 aromatic rings. The number of hydrogen-bond donors (Lipinski definition) is 1. The van der Waals surface area contributed by atoms with Crippen molar-refractivity contribution in [2.75, 3.05) is 5.75 Å². The van der Waals surface area contributed by atoms with Crippen LogP contribution in [-0.4, -0.2) is 13.6 Å². The van der Waals surface area contributed by atoms with Gasteiger partial charge in [0.05, 0.1) is 0 Å². The molecule has 0 saturated carbocycles. The second-order valence-electron chi connectivity index (χ2n) is 3.16. The third kappa shape index (κ3) is 11.6. The highest BCUT2D eigenvalue weighted by atomic mass is 32.1. The lowest BCUT2D eigenvalue weighted by molar-refractivity contribution is 1.00. The van der Waals surface area contributed by atoms with E-state index in [4.69, 9.17) is 0 Å². The zero-order chi connectivity index (χ0) is 10.5. The van der Waals surface area contributed by atoms with Gasteiger partial charge in [0, 0.05) is 5.75 Å². The molecule has 0 aromatic heterocycles. The molecule has 2 heteroatoms. The van der Waals surface area contributed by atoms with E-state index >= 15 is 0 Å². The van der Waals surface area contributed by atoms with E-state index in [1.165, 1.54) is 12.8 Å². The van der Waals surface area contributed by atoms with Crippen LogP contribution in [0.2, 0.25) is 6.32 Å². The van der Waals surface area contributed by atoms with Gasteiger partial charge in [-0.15, -0.1) is 0 Å². The molecule has 0 fully saturated rings. The Labute approximate surface area is 95.0 Å². The van der Waals surface area contributed by atoms with Crippen LogP contribution in [0.3, 0.4) is 0 Å². The molecule has 0 saturated heterocycles. The number of hydrogen-bond acceptors (Lipinski definition) is 1. The van der Waals surface area contributed by atoms with Crippen LogP contribution < -0.4 is 0 Å². The molecule has 0 aliphatic carbocycles. The van der Waals surface area contributed by atoms with Gasteiger partial charge >= 0.3 is 0 Å². The molecule has 0 aliphatic heterocycles. The second kappa shape index (κ2) is 12.6. The first-order valence-corrected chi connectivity index (χ1v) is 6.11. The van der Waals surface area contributed by atoms with Gasteiger partial charge in [0.25, 0.3) is 0 Å². The van der Waals surface area contributed by atoms with Crippen LogP contribution in [0.5, 0.6) is 0 Å². The van der Waals surface area contributed by atoms with Crippen molar-refractivity contribution in [2.24, 2.45) is 0 Å². The molecular formula is C12H21BS. The van der Waals surface area contributed by atoms with Gasteiger partial charge in [-0.1, -0.05) is 42.8 Å². The van der Waals surface area contributed by atoms with E-state index in [-0.39, 0.29) is 0 Å². The SMILES string of the molecule is BC/C=C\CC/C=C\CC/C=C\CS. The Morgan fingerprint density at radius 3 is 1.57 bits per heavy atom. The number of thiol groups is 1. The molecule has 0 bridgehead atoms. The van der Waals surface area contributed by atoms with Crippen molar-refractivity contribution in [3.63, 3.8) is 0 Å². The Morgan fingerprint density at radius 2 is 1.14 bits per heavy atom. The molecule has 0 aliphatic rings. The first-order chi connectivity index (χ1) is 6.91. The summed E-state index contributed by atoms with van der Waals surface area (Å²) in [6.45, 7) is 0. The molecule has 0 atom stereocenters. The van der Waals surface area contributed by atoms with Crippen LogP contribution in [0.1, 0.15) is 25.7 Å². The molecule has 0 heterocycles. The maximum atomic E-state index is 4.10. The molecule has 0 N–H and O–H groups in total. The highest BCUT2D eigenvalue weighted by molar-refractivity contribution is 7.80. The van der Waals surface area contributed by atoms with Crippen molar-refractivity contribution in [1.82, 2.24) is 0 Å². The van der Waals surface area contributed by atoms with Gasteiger partial charge in [-0.25, -0.2) is 0 Å². The average molecular weight is 208 g/mol. The molecule has 0 aromatic carbocycles. The normalized spacial score (nSPS) is 12.4. The van der Waals surface area contributed by atoms with Crippen molar-refractivity contribution in [2.45, 2.75) is 32.0 Å². The third-order valence-corrected chi connectivity index (χ3v) is 2.05. The molecule has 0 unspecified atom stereocenters. The minimum atomic E-state index is 0.853. The van der Waals surface area contributed by atoms with Crippen molar-refractivity contribution < 1.29 is 0 Å². The summed E-state index contributed by atoms with van der Waals surface area (Å²) in [5, 5.41) is 0. The van der Waals surface area contributed by atoms with Gasteiger partial charge in [0.1, 0.15) is 7.85 Å². The summed E-state index contributed by atoms with van der Waals surface area (Å²) in [5.74, 6) is 0.853. The summed E-state index contributed by atoms with van der Waals surface area (Å²) in [4.78, 5) is 0. The fourth-order valence-corrected chi connectivity index (χ4v) is 1.25. The minimum Gasteiger partial charge on any atom is -0.175 e. The second-order valence-corrected chi connectivity index (χ2v) is 3.52. The van der Waals surface area contributed by atoms with E-state index in [0.717, 1.165) is 24.9 Å². The molecule has 14 heavy (non-hydrogen) atoms. The van der Waals surface area contributed by atoms with Crippen molar-refractivity contribution in [1.29, 1.82) is 0 Å². The van der Waals surface area contributed by atoms with Crippen LogP contribution in [0.4, 0.5) is 0 Å². The lowest BCUT2D eigenvalue weighted by Gasteiger charge is -1.88. The van der Waals surface area contributed by atoms with Gasteiger partial charge in [-0.3, -0.25) is 0 Å². The van der Waals surface area contributed by atoms with Gasteiger partial charge in [0.2, 0.25) is 0 Å². The Bertz CT molecular complexity index is 163. The Hall–Kier alpha value is -0.365. The summed E-state index contributed by atoms with van der Waals surface area (Å²) in [6, 6.07) is 0. The fraction of sp³-hybridized carbons (Fsp3) is 0.500. The Morgan fingerprint density at radius 1 is 0.714 bits per heavy atom. The van der Waals surface area contributed by atoms with Gasteiger partial charge in [-0.2, -0.15) is 12.6 Å². The average Bonchev–Trinajstić information content (AvgIpc) is 2.21. The summed E-state index contributed by atoms with van der Waals surface area (Å²) < 4.78 is 0. The summed E-state index contributed by atoms with van der Waals surface area (Å²) in [7, 11) is 2.17. The summed E-state index contributed by atoms with van der Waals surface area (Å²) >= 11 is 4.10. The van der Waals surface area contributed by atoms with Crippen LogP contribution in [0, 0.1) is 0 Å². The zero-order valence-electron chi connectivity index (χ0n) is 9.15. The van der Waals surface area contributed by atoms with Crippen LogP contribution in [0.15, 0.2) is 36.5 Å². The zero-order valence-corrected chi connectivity index (χ0v) is 10.0. The summed E-state index contributed by atoms with van der Waals surface area (Å²) in [6.07, 6.45) is 19.1. The smallest absolute Gasteiger partial charge is 0.106 e. The van der Waals surface area contributed by atoms with Crippen LogP contribution in [0.25, 0.3) is 0 Å². The van der Waals surface area contributed by atoms with Crippen molar-refractivity contribution in [3.05, 3.63) is 36.5 Å². The van der Waals surface area contributed by atoms with E-state index in [1.54, 1.807) is 0 Å². The van der Waals surface area contributed by atoms with Crippen molar-refractivity contribution in [3.8, 4) is 0 Å². The molecule has 0 radical (unpaired) electrons. The summed E-state index contributed by atoms with van der Waals surface area (Å²) in [5.41, 5.74) is 0. The predicted molar refractivity (Wildman–Crippen MR) is 73.1 cm³/mol. The van der Waals surface area contributed by atoms with E-state index < -0.39 is 0 Å². The predicted octanol–water partition coefficient (Wildman–Crippen LogP) is 3.20. The third-order valence-electron chi connectivity index (χ3n) is 1.84.